The van der Waals surface area contributed by atoms with E-state index in [4.69, 9.17) is 15.7 Å². The van der Waals surface area contributed by atoms with Crippen molar-refractivity contribution in [1.29, 1.82) is 0 Å². The molecule has 28 heavy (non-hydrogen) atoms. The van der Waals surface area contributed by atoms with Gasteiger partial charge in [0.2, 0.25) is 0 Å². The first kappa shape index (κ1) is 18.4. The zero-order valence-electron chi connectivity index (χ0n) is 14.3. The minimum absolute atomic E-state index is 0.0667. The van der Waals surface area contributed by atoms with Gasteiger partial charge >= 0.3 is 12.3 Å². The van der Waals surface area contributed by atoms with Crippen molar-refractivity contribution in [3.8, 4) is 11.3 Å². The molecule has 1 unspecified atom stereocenters. The molecule has 2 aliphatic rings. The third-order valence-electron chi connectivity index (χ3n) is 4.63. The Kier molecular flexibility index (Phi) is 4.33. The number of thiazole rings is 1. The van der Waals surface area contributed by atoms with E-state index >= 15 is 0 Å². The molecule has 2 aromatic rings. The van der Waals surface area contributed by atoms with Gasteiger partial charge in [-0.3, -0.25) is 0 Å². The monoisotopic (exact) mass is 412 g/mol. The molecule has 1 atom stereocenters. The molecule has 0 spiro atoms. The molecule has 0 amide bonds. The van der Waals surface area contributed by atoms with Crippen molar-refractivity contribution in [2.24, 2.45) is 5.92 Å². The molecular weight excluding hydrogens is 397 g/mol. The van der Waals surface area contributed by atoms with Crippen molar-refractivity contribution in [3.63, 3.8) is 0 Å². The number of fused-ring (bicyclic) bond motifs is 1. The molecule has 148 valence electrons. The molecule has 0 bridgehead atoms. The summed E-state index contributed by atoms with van der Waals surface area (Å²) < 4.78 is 39.2. The number of halogens is 3. The van der Waals surface area contributed by atoms with Gasteiger partial charge in [-0.15, -0.1) is 0 Å². The fourth-order valence-electron chi connectivity index (χ4n) is 3.45. The first-order valence-electron chi connectivity index (χ1n) is 8.33. The van der Waals surface area contributed by atoms with E-state index in [9.17, 15) is 18.0 Å². The molecule has 7 nitrogen and oxygen atoms in total. The van der Waals surface area contributed by atoms with Gasteiger partial charge in [-0.05, 0) is 18.6 Å². The highest BCUT2D eigenvalue weighted by molar-refractivity contribution is 7.19. The SMILES string of the molecule is Nc1nc(-c2cccc(C(F)(F)F)c2)c(N2C=C3C(CCN3OC(=O)O)C2)s1. The first-order chi connectivity index (χ1) is 13.2. The van der Waals surface area contributed by atoms with Crippen LogP contribution in [0.15, 0.2) is 36.2 Å². The number of anilines is 2. The number of aromatic nitrogens is 1. The second kappa shape index (κ2) is 6.59. The Bertz CT molecular complexity index is 959. The number of benzene rings is 1. The molecule has 1 aromatic carbocycles. The molecule has 4 rings (SSSR count). The molecule has 11 heteroatoms. The van der Waals surface area contributed by atoms with E-state index in [1.165, 1.54) is 11.1 Å². The number of alkyl halides is 3. The average molecular weight is 412 g/mol. The zero-order chi connectivity index (χ0) is 20.1. The fourth-order valence-corrected chi connectivity index (χ4v) is 4.29. The number of carboxylic acid groups (broad SMARTS) is 1. The lowest BCUT2D eigenvalue weighted by Gasteiger charge is -2.18. The van der Waals surface area contributed by atoms with Gasteiger partial charge in [0.25, 0.3) is 0 Å². The summed E-state index contributed by atoms with van der Waals surface area (Å²) in [5.74, 6) is 0.0667. The van der Waals surface area contributed by atoms with Crippen molar-refractivity contribution in [2.75, 3.05) is 23.7 Å². The van der Waals surface area contributed by atoms with Crippen LogP contribution in [0.5, 0.6) is 0 Å². The van der Waals surface area contributed by atoms with Gasteiger partial charge in [-0.2, -0.15) is 13.2 Å². The Labute approximate surface area is 161 Å². The lowest BCUT2D eigenvalue weighted by molar-refractivity contribution is -0.137. The number of nitrogens with two attached hydrogens (primary N) is 1. The molecule has 3 heterocycles. The summed E-state index contributed by atoms with van der Waals surface area (Å²) in [6, 6.07) is 4.93. The van der Waals surface area contributed by atoms with Gasteiger partial charge in [0.1, 0.15) is 10.7 Å². The maximum absolute atomic E-state index is 13.1. The number of hydrogen-bond acceptors (Lipinski definition) is 7. The van der Waals surface area contributed by atoms with Crippen molar-refractivity contribution < 1.29 is 27.9 Å². The highest BCUT2D eigenvalue weighted by atomic mass is 32.1. The molecule has 0 radical (unpaired) electrons. The number of hydrogen-bond donors (Lipinski definition) is 2. The summed E-state index contributed by atoms with van der Waals surface area (Å²) in [5.41, 5.74) is 6.46. The van der Waals surface area contributed by atoms with Crippen molar-refractivity contribution in [2.45, 2.75) is 12.6 Å². The van der Waals surface area contributed by atoms with Crippen LogP contribution in [-0.2, 0) is 11.0 Å². The van der Waals surface area contributed by atoms with E-state index in [1.54, 1.807) is 12.3 Å². The molecule has 0 saturated carbocycles. The van der Waals surface area contributed by atoms with Crippen molar-refractivity contribution in [1.82, 2.24) is 10.0 Å². The molecule has 1 aromatic heterocycles. The number of nitrogen functional groups attached to an aromatic ring is 1. The van der Waals surface area contributed by atoms with Crippen LogP contribution >= 0.6 is 11.3 Å². The predicted octanol–water partition coefficient (Wildman–Crippen LogP) is 4.00. The molecule has 2 aliphatic heterocycles. The van der Waals surface area contributed by atoms with Crippen LogP contribution in [0.3, 0.4) is 0 Å². The predicted molar refractivity (Wildman–Crippen MR) is 96.3 cm³/mol. The van der Waals surface area contributed by atoms with Crippen molar-refractivity contribution in [3.05, 3.63) is 41.7 Å². The summed E-state index contributed by atoms with van der Waals surface area (Å²) in [4.78, 5) is 21.7. The van der Waals surface area contributed by atoms with Gasteiger partial charge in [0, 0.05) is 24.2 Å². The van der Waals surface area contributed by atoms with Gasteiger partial charge in [0.15, 0.2) is 5.13 Å². The lowest BCUT2D eigenvalue weighted by atomic mass is 10.1. The fraction of sp³-hybridized carbons (Fsp3) is 0.294. The number of rotatable bonds is 3. The van der Waals surface area contributed by atoms with Crippen LogP contribution in [-0.4, -0.2) is 34.4 Å². The van der Waals surface area contributed by atoms with Crippen LogP contribution in [0.1, 0.15) is 12.0 Å². The summed E-state index contributed by atoms with van der Waals surface area (Å²) in [6.07, 6.45) is -3.40. The molecule has 3 N–H and O–H groups in total. The number of nitrogens with zero attached hydrogens (tertiary/aromatic N) is 3. The van der Waals surface area contributed by atoms with Gasteiger partial charge in [0.05, 0.1) is 17.8 Å². The molecular formula is C17H15F3N4O3S. The van der Waals surface area contributed by atoms with Crippen LogP contribution in [0.4, 0.5) is 28.1 Å². The summed E-state index contributed by atoms with van der Waals surface area (Å²) >= 11 is 1.16. The molecule has 1 fully saturated rings. The second-order valence-corrected chi connectivity index (χ2v) is 7.44. The molecule has 0 aliphatic carbocycles. The minimum Gasteiger partial charge on any atom is -0.448 e. The Morgan fingerprint density at radius 1 is 1.39 bits per heavy atom. The Morgan fingerprint density at radius 3 is 2.89 bits per heavy atom. The number of carbonyl (C=O) groups is 1. The van der Waals surface area contributed by atoms with E-state index in [0.29, 0.717) is 41.5 Å². The van der Waals surface area contributed by atoms with Gasteiger partial charge in [-0.25, -0.2) is 14.8 Å². The van der Waals surface area contributed by atoms with Gasteiger partial charge in [-0.1, -0.05) is 23.5 Å². The van der Waals surface area contributed by atoms with Gasteiger partial charge < -0.3 is 20.6 Å². The Hall–Kier alpha value is -2.95. The third kappa shape index (κ3) is 3.33. The zero-order valence-corrected chi connectivity index (χ0v) is 15.1. The highest BCUT2D eigenvalue weighted by Gasteiger charge is 2.38. The van der Waals surface area contributed by atoms with Crippen LogP contribution in [0.25, 0.3) is 11.3 Å². The standard InChI is InChI=1S/C17H15F3N4O3S/c18-17(19,20)11-3-1-2-9(6-11)13-14(28-15(21)22-13)23-7-10-4-5-24(12(10)8-23)27-16(25)26/h1-3,6,8,10H,4-5,7H2,(H2,21,22)(H,25,26). The maximum Gasteiger partial charge on any atom is 0.530 e. The smallest absolute Gasteiger partial charge is 0.448 e. The third-order valence-corrected chi connectivity index (χ3v) is 5.55. The highest BCUT2D eigenvalue weighted by Crippen LogP contribution is 2.44. The van der Waals surface area contributed by atoms with Crippen LogP contribution < -0.4 is 10.6 Å². The topological polar surface area (TPSA) is 91.9 Å². The van der Waals surface area contributed by atoms with Crippen molar-refractivity contribution >= 4 is 27.6 Å². The first-order valence-corrected chi connectivity index (χ1v) is 9.15. The van der Waals surface area contributed by atoms with E-state index in [-0.39, 0.29) is 11.0 Å². The second-order valence-electron chi connectivity index (χ2n) is 6.44. The molecule has 1 saturated heterocycles. The van der Waals surface area contributed by atoms with E-state index < -0.39 is 17.9 Å². The largest absolute Gasteiger partial charge is 0.530 e. The lowest BCUT2D eigenvalue weighted by Crippen LogP contribution is -2.22. The summed E-state index contributed by atoms with van der Waals surface area (Å²) in [7, 11) is 0. The summed E-state index contributed by atoms with van der Waals surface area (Å²) in [5, 5.41) is 11.0. The van der Waals surface area contributed by atoms with Crippen LogP contribution in [0, 0.1) is 5.92 Å². The van der Waals surface area contributed by atoms with E-state index in [1.807, 2.05) is 4.90 Å². The quantitative estimate of drug-likeness (QED) is 0.787. The van der Waals surface area contributed by atoms with E-state index in [0.717, 1.165) is 23.5 Å². The Balaban J connectivity index is 1.68. The van der Waals surface area contributed by atoms with E-state index in [2.05, 4.69) is 4.98 Å². The number of hydroxylamine groups is 2. The van der Waals surface area contributed by atoms with Crippen LogP contribution in [0.2, 0.25) is 0 Å². The minimum atomic E-state index is -4.46. The Morgan fingerprint density at radius 2 is 2.18 bits per heavy atom. The summed E-state index contributed by atoms with van der Waals surface area (Å²) in [6.45, 7) is 1.00. The maximum atomic E-state index is 13.1. The average Bonchev–Trinajstić information content (AvgIpc) is 3.29. The normalized spacial score (nSPS) is 19.0.